The predicted molar refractivity (Wildman–Crippen MR) is 91.3 cm³/mol. The maximum absolute atomic E-state index is 11.8. The second-order valence-corrected chi connectivity index (χ2v) is 6.16. The molecule has 1 amide bonds. The number of amides is 1. The highest BCUT2D eigenvalue weighted by Gasteiger charge is 2.10. The van der Waals surface area contributed by atoms with E-state index in [0.717, 1.165) is 9.37 Å². The molecule has 4 nitrogen and oxygen atoms in total. The Morgan fingerprint density at radius 2 is 1.91 bits per heavy atom. The summed E-state index contributed by atoms with van der Waals surface area (Å²) in [5.41, 5.74) is 1.06. The van der Waals surface area contributed by atoms with Gasteiger partial charge in [-0.2, -0.15) is 0 Å². The maximum Gasteiger partial charge on any atom is 0.338 e. The first kappa shape index (κ1) is 16.6. The van der Waals surface area contributed by atoms with Crippen molar-refractivity contribution in [2.45, 2.75) is 4.90 Å². The number of halogens is 1. The van der Waals surface area contributed by atoms with Crippen LogP contribution in [0.4, 0.5) is 5.69 Å². The molecule has 0 aliphatic carbocycles. The zero-order valence-corrected chi connectivity index (χ0v) is 14.2. The molecule has 22 heavy (non-hydrogen) atoms. The predicted octanol–water partition coefficient (Wildman–Crippen LogP) is 3.97. The lowest BCUT2D eigenvalue weighted by molar-refractivity contribution is -0.119. The zero-order chi connectivity index (χ0) is 15.9. The van der Waals surface area contributed by atoms with Gasteiger partial charge >= 0.3 is 5.97 Å². The number of hydrogen-bond donors (Lipinski definition) is 1. The largest absolute Gasteiger partial charge is 0.452 e. The molecule has 0 saturated heterocycles. The van der Waals surface area contributed by atoms with Crippen LogP contribution in [0, 0.1) is 0 Å². The molecule has 0 heterocycles. The molecule has 0 bridgehead atoms. The first-order valence-electron chi connectivity index (χ1n) is 6.45. The van der Waals surface area contributed by atoms with Gasteiger partial charge in [0.05, 0.1) is 5.56 Å². The number of nitrogens with one attached hydrogen (secondary N) is 1. The average Bonchev–Trinajstić information content (AvgIpc) is 2.52. The monoisotopic (exact) mass is 379 g/mol. The van der Waals surface area contributed by atoms with Gasteiger partial charge in [-0.1, -0.05) is 22.0 Å². The SMILES string of the molecule is CSc1ccc(C(=O)OCC(=O)Nc2cccc(Br)c2)cc1. The minimum Gasteiger partial charge on any atom is -0.452 e. The summed E-state index contributed by atoms with van der Waals surface area (Å²) in [5, 5.41) is 2.66. The number of ether oxygens (including phenoxy) is 1. The van der Waals surface area contributed by atoms with Crippen LogP contribution in [0.3, 0.4) is 0 Å². The summed E-state index contributed by atoms with van der Waals surface area (Å²) in [4.78, 5) is 24.7. The summed E-state index contributed by atoms with van der Waals surface area (Å²) in [5.74, 6) is -0.899. The Balaban J connectivity index is 1.86. The van der Waals surface area contributed by atoms with Crippen molar-refractivity contribution >= 4 is 45.3 Å². The molecule has 0 aliphatic heterocycles. The Morgan fingerprint density at radius 3 is 2.55 bits per heavy atom. The third kappa shape index (κ3) is 4.89. The second kappa shape index (κ2) is 8.00. The molecule has 0 saturated carbocycles. The molecule has 0 radical (unpaired) electrons. The van der Waals surface area contributed by atoms with Crippen molar-refractivity contribution in [2.24, 2.45) is 0 Å². The topological polar surface area (TPSA) is 55.4 Å². The molecule has 0 unspecified atom stereocenters. The van der Waals surface area contributed by atoms with Crippen LogP contribution in [0.25, 0.3) is 0 Å². The molecule has 114 valence electrons. The van der Waals surface area contributed by atoms with Crippen molar-refractivity contribution in [2.75, 3.05) is 18.2 Å². The van der Waals surface area contributed by atoms with Gasteiger partial charge in [-0.3, -0.25) is 4.79 Å². The number of esters is 1. The number of carbonyl (C=O) groups is 2. The summed E-state index contributed by atoms with van der Waals surface area (Å²) in [7, 11) is 0. The van der Waals surface area contributed by atoms with Gasteiger partial charge in [-0.25, -0.2) is 4.79 Å². The fourth-order valence-electron chi connectivity index (χ4n) is 1.70. The standard InChI is InChI=1S/C16H14BrNO3S/c1-22-14-7-5-11(6-8-14)16(20)21-10-15(19)18-13-4-2-3-12(17)9-13/h2-9H,10H2,1H3,(H,18,19). The number of rotatable bonds is 5. The lowest BCUT2D eigenvalue weighted by Crippen LogP contribution is -2.20. The van der Waals surface area contributed by atoms with E-state index in [0.29, 0.717) is 11.3 Å². The molecule has 6 heteroatoms. The first-order valence-corrected chi connectivity index (χ1v) is 8.47. The van der Waals surface area contributed by atoms with E-state index in [1.54, 1.807) is 42.1 Å². The van der Waals surface area contributed by atoms with Crippen LogP contribution in [-0.4, -0.2) is 24.7 Å². The van der Waals surface area contributed by atoms with Crippen molar-refractivity contribution in [1.29, 1.82) is 0 Å². The Hall–Kier alpha value is -1.79. The van der Waals surface area contributed by atoms with Crippen molar-refractivity contribution in [1.82, 2.24) is 0 Å². The van der Waals surface area contributed by atoms with E-state index < -0.39 is 5.97 Å². The van der Waals surface area contributed by atoms with E-state index in [-0.39, 0.29) is 12.5 Å². The highest BCUT2D eigenvalue weighted by Crippen LogP contribution is 2.16. The molecule has 1 N–H and O–H groups in total. The van der Waals surface area contributed by atoms with E-state index in [1.807, 2.05) is 24.5 Å². The van der Waals surface area contributed by atoms with E-state index >= 15 is 0 Å². The summed E-state index contributed by atoms with van der Waals surface area (Å²) in [6.45, 7) is -0.324. The lowest BCUT2D eigenvalue weighted by atomic mass is 10.2. The number of benzene rings is 2. The van der Waals surface area contributed by atoms with Gasteiger partial charge in [0, 0.05) is 15.1 Å². The molecule has 0 aliphatic rings. The Labute approximate surface area is 141 Å². The van der Waals surface area contributed by atoms with E-state index in [9.17, 15) is 9.59 Å². The summed E-state index contributed by atoms with van der Waals surface area (Å²) in [6, 6.07) is 14.2. The quantitative estimate of drug-likeness (QED) is 0.630. The molecular weight excluding hydrogens is 366 g/mol. The van der Waals surface area contributed by atoms with Crippen LogP contribution in [-0.2, 0) is 9.53 Å². The normalized spacial score (nSPS) is 10.1. The second-order valence-electron chi connectivity index (χ2n) is 4.36. The number of carbonyl (C=O) groups excluding carboxylic acids is 2. The molecule has 0 atom stereocenters. The highest BCUT2D eigenvalue weighted by atomic mass is 79.9. The average molecular weight is 380 g/mol. The van der Waals surface area contributed by atoms with Gasteiger partial charge in [0.15, 0.2) is 6.61 Å². The first-order chi connectivity index (χ1) is 10.6. The van der Waals surface area contributed by atoms with Gasteiger partial charge in [-0.15, -0.1) is 11.8 Å². The molecule has 0 fully saturated rings. The lowest BCUT2D eigenvalue weighted by Gasteiger charge is -2.07. The molecule has 2 rings (SSSR count). The Morgan fingerprint density at radius 1 is 1.18 bits per heavy atom. The van der Waals surface area contributed by atoms with Crippen LogP contribution >= 0.6 is 27.7 Å². The van der Waals surface area contributed by atoms with Crippen molar-refractivity contribution in [3.8, 4) is 0 Å². The molecule has 2 aromatic carbocycles. The molecular formula is C16H14BrNO3S. The van der Waals surface area contributed by atoms with E-state index in [1.165, 1.54) is 0 Å². The van der Waals surface area contributed by atoms with Crippen LogP contribution in [0.5, 0.6) is 0 Å². The third-order valence-electron chi connectivity index (χ3n) is 2.77. The number of thioether (sulfide) groups is 1. The number of anilines is 1. The fraction of sp³-hybridized carbons (Fsp3) is 0.125. The van der Waals surface area contributed by atoms with Gasteiger partial charge in [0.2, 0.25) is 0 Å². The van der Waals surface area contributed by atoms with Gasteiger partial charge < -0.3 is 10.1 Å². The molecule has 0 spiro atoms. The third-order valence-corrected chi connectivity index (χ3v) is 4.01. The maximum atomic E-state index is 11.8. The van der Waals surface area contributed by atoms with Gasteiger partial charge in [0.1, 0.15) is 0 Å². The van der Waals surface area contributed by atoms with Crippen LogP contribution in [0.2, 0.25) is 0 Å². The van der Waals surface area contributed by atoms with E-state index in [2.05, 4.69) is 21.2 Å². The molecule has 0 aromatic heterocycles. The fourth-order valence-corrected chi connectivity index (χ4v) is 2.51. The smallest absolute Gasteiger partial charge is 0.338 e. The highest BCUT2D eigenvalue weighted by molar-refractivity contribution is 9.10. The zero-order valence-electron chi connectivity index (χ0n) is 11.8. The van der Waals surface area contributed by atoms with Gasteiger partial charge in [0.25, 0.3) is 5.91 Å². The van der Waals surface area contributed by atoms with Crippen LogP contribution < -0.4 is 5.32 Å². The van der Waals surface area contributed by atoms with Crippen molar-refractivity contribution in [3.05, 3.63) is 58.6 Å². The Kier molecular flexibility index (Phi) is 6.03. The summed E-state index contributed by atoms with van der Waals surface area (Å²) >= 11 is 4.91. The van der Waals surface area contributed by atoms with Crippen molar-refractivity contribution < 1.29 is 14.3 Å². The van der Waals surface area contributed by atoms with Crippen LogP contribution in [0.1, 0.15) is 10.4 Å². The van der Waals surface area contributed by atoms with Crippen LogP contribution in [0.15, 0.2) is 57.9 Å². The Bertz CT molecular complexity index is 673. The van der Waals surface area contributed by atoms with Crippen molar-refractivity contribution in [3.63, 3.8) is 0 Å². The minimum absolute atomic E-state index is 0.324. The van der Waals surface area contributed by atoms with E-state index in [4.69, 9.17) is 4.74 Å². The number of hydrogen-bond acceptors (Lipinski definition) is 4. The van der Waals surface area contributed by atoms with Gasteiger partial charge in [-0.05, 0) is 48.7 Å². The summed E-state index contributed by atoms with van der Waals surface area (Å²) < 4.78 is 5.85. The minimum atomic E-state index is -0.517. The molecule has 2 aromatic rings. The summed E-state index contributed by atoms with van der Waals surface area (Å²) in [6.07, 6.45) is 1.96.